The van der Waals surface area contributed by atoms with E-state index in [1.807, 2.05) is 6.92 Å². The molecular weight excluding hydrogens is 303 g/mol. The number of benzene rings is 1. The average Bonchev–Trinajstić information content (AvgIpc) is 2.41. The maximum absolute atomic E-state index is 11.9. The highest BCUT2D eigenvalue weighted by Crippen LogP contribution is 2.25. The van der Waals surface area contributed by atoms with Crippen molar-refractivity contribution in [2.75, 3.05) is 25.0 Å². The molecule has 0 aromatic heterocycles. The summed E-state index contributed by atoms with van der Waals surface area (Å²) >= 11 is 11.8. The van der Waals surface area contributed by atoms with Crippen molar-refractivity contribution in [3.8, 4) is 0 Å². The number of halogens is 2. The summed E-state index contributed by atoms with van der Waals surface area (Å²) in [4.78, 5) is 24.6. The third kappa shape index (κ3) is 5.00. The first-order valence-electron chi connectivity index (χ1n) is 6.11. The van der Waals surface area contributed by atoms with Gasteiger partial charge in [0.05, 0.1) is 17.3 Å². The molecule has 0 fully saturated rings. The van der Waals surface area contributed by atoms with E-state index in [9.17, 15) is 9.59 Å². The Morgan fingerprint density at radius 2 is 2.05 bits per heavy atom. The minimum Gasteiger partial charge on any atom is -0.387 e. The zero-order valence-electron chi connectivity index (χ0n) is 11.0. The van der Waals surface area contributed by atoms with Gasteiger partial charge in [0.2, 0.25) is 11.8 Å². The SMILES string of the molecule is CCCN(CC(=O)Nc1cc(Cl)ccc1Cl)C(=O)CO. The van der Waals surface area contributed by atoms with Crippen LogP contribution in [0, 0.1) is 0 Å². The molecule has 0 heterocycles. The van der Waals surface area contributed by atoms with E-state index in [0.717, 1.165) is 0 Å². The summed E-state index contributed by atoms with van der Waals surface area (Å²) < 4.78 is 0. The minimum atomic E-state index is -0.620. The molecule has 0 atom stereocenters. The lowest BCUT2D eigenvalue weighted by molar-refractivity contribution is -0.137. The van der Waals surface area contributed by atoms with Gasteiger partial charge in [0.1, 0.15) is 6.61 Å². The fourth-order valence-electron chi connectivity index (χ4n) is 1.62. The van der Waals surface area contributed by atoms with E-state index >= 15 is 0 Å². The van der Waals surface area contributed by atoms with E-state index in [4.69, 9.17) is 28.3 Å². The van der Waals surface area contributed by atoms with Gasteiger partial charge in [0.15, 0.2) is 0 Å². The Bertz CT molecular complexity index is 495. The molecule has 110 valence electrons. The van der Waals surface area contributed by atoms with Crippen molar-refractivity contribution in [1.82, 2.24) is 4.90 Å². The van der Waals surface area contributed by atoms with Gasteiger partial charge >= 0.3 is 0 Å². The van der Waals surface area contributed by atoms with Gasteiger partial charge in [-0.1, -0.05) is 30.1 Å². The summed E-state index contributed by atoms with van der Waals surface area (Å²) in [6.45, 7) is 1.51. The van der Waals surface area contributed by atoms with Gasteiger partial charge in [0.25, 0.3) is 0 Å². The lowest BCUT2D eigenvalue weighted by atomic mass is 10.3. The molecule has 0 radical (unpaired) electrons. The monoisotopic (exact) mass is 318 g/mol. The first-order valence-corrected chi connectivity index (χ1v) is 6.87. The molecule has 2 amide bonds. The molecule has 0 aliphatic rings. The van der Waals surface area contributed by atoms with E-state index in [-0.39, 0.29) is 6.54 Å². The molecule has 0 aliphatic carbocycles. The van der Waals surface area contributed by atoms with Gasteiger partial charge in [-0.3, -0.25) is 9.59 Å². The summed E-state index contributed by atoms with van der Waals surface area (Å²) in [5, 5.41) is 12.2. The number of amides is 2. The van der Waals surface area contributed by atoms with Crippen molar-refractivity contribution < 1.29 is 14.7 Å². The van der Waals surface area contributed by atoms with Crippen molar-refractivity contribution in [1.29, 1.82) is 0 Å². The second kappa shape index (κ2) is 8.09. The van der Waals surface area contributed by atoms with E-state index in [2.05, 4.69) is 5.32 Å². The summed E-state index contributed by atoms with van der Waals surface area (Å²) in [6, 6.07) is 4.71. The average molecular weight is 319 g/mol. The van der Waals surface area contributed by atoms with Crippen LogP contribution in [0.25, 0.3) is 0 Å². The Hall–Kier alpha value is -1.30. The zero-order chi connectivity index (χ0) is 15.1. The minimum absolute atomic E-state index is 0.143. The summed E-state index contributed by atoms with van der Waals surface area (Å²) in [5.41, 5.74) is 0.386. The molecule has 0 saturated carbocycles. The van der Waals surface area contributed by atoms with Gasteiger partial charge in [-0.15, -0.1) is 0 Å². The van der Waals surface area contributed by atoms with E-state index in [0.29, 0.717) is 28.7 Å². The lowest BCUT2D eigenvalue weighted by Gasteiger charge is -2.20. The maximum atomic E-state index is 11.9. The quantitative estimate of drug-likeness (QED) is 0.844. The predicted molar refractivity (Wildman–Crippen MR) is 79.0 cm³/mol. The molecule has 0 aliphatic heterocycles. The van der Waals surface area contributed by atoms with E-state index in [1.165, 1.54) is 11.0 Å². The highest BCUT2D eigenvalue weighted by molar-refractivity contribution is 6.35. The molecule has 7 heteroatoms. The second-order valence-electron chi connectivity index (χ2n) is 4.15. The Morgan fingerprint density at radius 3 is 2.65 bits per heavy atom. The van der Waals surface area contributed by atoms with Crippen LogP contribution in [0.3, 0.4) is 0 Å². The fraction of sp³-hybridized carbons (Fsp3) is 0.385. The van der Waals surface area contributed by atoms with Crippen LogP contribution in [0.15, 0.2) is 18.2 Å². The normalized spacial score (nSPS) is 10.2. The highest BCUT2D eigenvalue weighted by Gasteiger charge is 2.16. The molecule has 1 aromatic rings. The van der Waals surface area contributed by atoms with E-state index in [1.54, 1.807) is 12.1 Å². The van der Waals surface area contributed by atoms with Gasteiger partial charge in [-0.25, -0.2) is 0 Å². The number of nitrogens with one attached hydrogen (secondary N) is 1. The Labute approximate surface area is 127 Å². The molecule has 1 rings (SSSR count). The number of aliphatic hydroxyl groups is 1. The summed E-state index contributed by atoms with van der Waals surface area (Å²) in [6.07, 6.45) is 0.691. The Morgan fingerprint density at radius 1 is 1.35 bits per heavy atom. The largest absolute Gasteiger partial charge is 0.387 e. The van der Waals surface area contributed by atoms with Gasteiger partial charge in [-0.2, -0.15) is 0 Å². The van der Waals surface area contributed by atoms with Crippen LogP contribution in [0.1, 0.15) is 13.3 Å². The van der Waals surface area contributed by atoms with Crippen molar-refractivity contribution in [3.63, 3.8) is 0 Å². The van der Waals surface area contributed by atoms with Crippen LogP contribution in [-0.2, 0) is 9.59 Å². The first-order chi connectivity index (χ1) is 9.47. The lowest BCUT2D eigenvalue weighted by Crippen LogP contribution is -2.40. The predicted octanol–water partition coefficient (Wildman–Crippen LogP) is 2.16. The number of carbonyl (C=O) groups excluding carboxylic acids is 2. The van der Waals surface area contributed by atoms with Gasteiger partial charge in [0, 0.05) is 11.6 Å². The Balaban J connectivity index is 2.70. The van der Waals surface area contributed by atoms with Crippen molar-refractivity contribution in [2.24, 2.45) is 0 Å². The van der Waals surface area contributed by atoms with Crippen molar-refractivity contribution in [3.05, 3.63) is 28.2 Å². The van der Waals surface area contributed by atoms with Gasteiger partial charge in [-0.05, 0) is 24.6 Å². The topological polar surface area (TPSA) is 69.6 Å². The van der Waals surface area contributed by atoms with Crippen LogP contribution >= 0.6 is 23.2 Å². The third-order valence-electron chi connectivity index (χ3n) is 2.52. The molecule has 0 unspecified atom stereocenters. The number of hydrogen-bond donors (Lipinski definition) is 2. The van der Waals surface area contributed by atoms with Crippen molar-refractivity contribution >= 4 is 40.7 Å². The molecule has 1 aromatic carbocycles. The summed E-state index contributed by atoms with van der Waals surface area (Å²) in [5.74, 6) is -0.886. The van der Waals surface area contributed by atoms with Crippen LogP contribution < -0.4 is 5.32 Å². The van der Waals surface area contributed by atoms with Gasteiger partial charge < -0.3 is 15.3 Å². The Kier molecular flexibility index (Phi) is 6.78. The van der Waals surface area contributed by atoms with Crippen LogP contribution in [0.2, 0.25) is 10.0 Å². The maximum Gasteiger partial charge on any atom is 0.248 e. The molecule has 0 spiro atoms. The van der Waals surface area contributed by atoms with E-state index < -0.39 is 18.4 Å². The third-order valence-corrected chi connectivity index (χ3v) is 3.08. The van der Waals surface area contributed by atoms with Crippen LogP contribution in [-0.4, -0.2) is 41.5 Å². The number of anilines is 1. The second-order valence-corrected chi connectivity index (χ2v) is 4.99. The molecule has 0 saturated heterocycles. The molecular formula is C13H16Cl2N2O3. The number of aliphatic hydroxyl groups excluding tert-OH is 1. The standard InChI is InChI=1S/C13H16Cl2N2O3/c1-2-5-17(13(20)8-18)7-12(19)16-11-6-9(14)3-4-10(11)15/h3-4,6,18H,2,5,7-8H2,1H3,(H,16,19). The van der Waals surface area contributed by atoms with Crippen LogP contribution in [0.4, 0.5) is 5.69 Å². The molecule has 5 nitrogen and oxygen atoms in total. The molecule has 2 N–H and O–H groups in total. The number of rotatable bonds is 6. The van der Waals surface area contributed by atoms with Crippen LogP contribution in [0.5, 0.6) is 0 Å². The van der Waals surface area contributed by atoms with Crippen molar-refractivity contribution in [2.45, 2.75) is 13.3 Å². The smallest absolute Gasteiger partial charge is 0.248 e. The zero-order valence-corrected chi connectivity index (χ0v) is 12.5. The number of carbonyl (C=O) groups is 2. The first kappa shape index (κ1) is 16.8. The highest BCUT2D eigenvalue weighted by atomic mass is 35.5. The fourth-order valence-corrected chi connectivity index (χ4v) is 1.96. The summed E-state index contributed by atoms with van der Waals surface area (Å²) in [7, 11) is 0. The number of hydrogen-bond acceptors (Lipinski definition) is 3. The molecule has 0 bridgehead atoms. The molecule has 20 heavy (non-hydrogen) atoms. The number of nitrogens with zero attached hydrogens (tertiary/aromatic N) is 1.